The molecule has 2 aliphatic rings. The number of piperidine rings is 1. The van der Waals surface area contributed by atoms with Gasteiger partial charge in [-0.15, -0.1) is 0 Å². The van der Waals surface area contributed by atoms with Crippen molar-refractivity contribution in [1.29, 1.82) is 0 Å². The zero-order valence-corrected chi connectivity index (χ0v) is 17.2. The minimum absolute atomic E-state index is 0.305. The van der Waals surface area contributed by atoms with Gasteiger partial charge >= 0.3 is 0 Å². The lowest BCUT2D eigenvalue weighted by Gasteiger charge is -2.29. The number of benzene rings is 2. The summed E-state index contributed by atoms with van der Waals surface area (Å²) in [5, 5.41) is 0.186. The average molecular weight is 413 g/mol. The second kappa shape index (κ2) is 8.02. The molecule has 0 unspecified atom stereocenters. The molecule has 2 amide bonds. The highest BCUT2D eigenvalue weighted by Gasteiger charge is 2.36. The van der Waals surface area contributed by atoms with Crippen LogP contribution >= 0.6 is 23.4 Å². The Hall–Kier alpha value is -2.24. The topological polar surface area (TPSA) is 40.6 Å². The van der Waals surface area contributed by atoms with Crippen LogP contribution in [0.1, 0.15) is 30.4 Å². The molecule has 4 rings (SSSR count). The summed E-state index contributed by atoms with van der Waals surface area (Å²) in [5.41, 5.74) is 3.77. The number of aryl methyl sites for hydroxylation is 1. The molecule has 2 aromatic carbocycles. The van der Waals surface area contributed by atoms with Crippen molar-refractivity contribution in [3.8, 4) is 0 Å². The maximum Gasteiger partial charge on any atom is 0.298 e. The van der Waals surface area contributed by atoms with Gasteiger partial charge in [-0.1, -0.05) is 23.7 Å². The molecule has 0 atom stereocenters. The van der Waals surface area contributed by atoms with Gasteiger partial charge in [-0.3, -0.25) is 9.59 Å². The largest absolute Gasteiger partial charge is 0.372 e. The minimum Gasteiger partial charge on any atom is -0.372 e. The Labute approximate surface area is 174 Å². The second-order valence-corrected chi connectivity index (χ2v) is 8.52. The highest BCUT2D eigenvalue weighted by Crippen LogP contribution is 2.37. The van der Waals surface area contributed by atoms with Gasteiger partial charge in [0.25, 0.3) is 11.1 Å². The molecular weight excluding hydrogens is 392 g/mol. The summed E-state index contributed by atoms with van der Waals surface area (Å²) in [6, 6.07) is 13.1. The van der Waals surface area contributed by atoms with Gasteiger partial charge < -0.3 is 4.90 Å². The maximum atomic E-state index is 12.8. The number of amides is 2. The Morgan fingerprint density at radius 2 is 1.79 bits per heavy atom. The fourth-order valence-electron chi connectivity index (χ4n) is 3.62. The van der Waals surface area contributed by atoms with Crippen LogP contribution in [0.5, 0.6) is 0 Å². The van der Waals surface area contributed by atoms with Crippen LogP contribution in [-0.4, -0.2) is 24.2 Å². The number of imide groups is 1. The maximum absolute atomic E-state index is 12.8. The third-order valence-corrected chi connectivity index (χ3v) is 6.23. The van der Waals surface area contributed by atoms with Gasteiger partial charge in [0.1, 0.15) is 0 Å². The van der Waals surface area contributed by atoms with Gasteiger partial charge in [-0.2, -0.15) is 0 Å². The fourth-order valence-corrected chi connectivity index (χ4v) is 4.63. The first-order chi connectivity index (χ1) is 13.5. The smallest absolute Gasteiger partial charge is 0.298 e. The molecule has 0 saturated carbocycles. The van der Waals surface area contributed by atoms with Crippen molar-refractivity contribution in [2.24, 2.45) is 0 Å². The molecule has 2 heterocycles. The van der Waals surface area contributed by atoms with Crippen LogP contribution in [0.25, 0.3) is 6.08 Å². The number of nitrogens with zero attached hydrogens (tertiary/aromatic N) is 2. The van der Waals surface area contributed by atoms with Crippen molar-refractivity contribution in [2.75, 3.05) is 22.9 Å². The monoisotopic (exact) mass is 412 g/mol. The molecule has 0 aromatic heterocycles. The standard InChI is InChI=1S/C22H21ClN2O2S/c1-15-12-18(24-10-3-2-4-11-24)9-8-16(15)13-20-21(26)25(22(27)28-20)19-7-5-6-17(23)14-19/h5-9,12-14H,2-4,10-11H2,1H3/b20-13+. The van der Waals surface area contributed by atoms with Crippen molar-refractivity contribution in [3.05, 3.63) is 63.5 Å². The first-order valence-electron chi connectivity index (χ1n) is 9.42. The molecule has 4 nitrogen and oxygen atoms in total. The van der Waals surface area contributed by atoms with Crippen molar-refractivity contribution in [1.82, 2.24) is 0 Å². The highest BCUT2D eigenvalue weighted by atomic mass is 35.5. The van der Waals surface area contributed by atoms with Crippen LogP contribution in [0.2, 0.25) is 5.02 Å². The van der Waals surface area contributed by atoms with E-state index in [0.717, 1.165) is 36.0 Å². The number of carbonyl (C=O) groups excluding carboxylic acids is 2. The predicted molar refractivity (Wildman–Crippen MR) is 117 cm³/mol. The van der Waals surface area contributed by atoms with Gasteiger partial charge in [0.15, 0.2) is 0 Å². The fraction of sp³-hybridized carbons (Fsp3) is 0.273. The van der Waals surface area contributed by atoms with E-state index in [4.69, 9.17) is 11.6 Å². The van der Waals surface area contributed by atoms with Crippen LogP contribution in [0.15, 0.2) is 47.4 Å². The molecule has 2 saturated heterocycles. The average Bonchev–Trinajstić information content (AvgIpc) is 2.97. The van der Waals surface area contributed by atoms with Crippen LogP contribution in [0.4, 0.5) is 16.2 Å². The molecule has 0 N–H and O–H groups in total. The van der Waals surface area contributed by atoms with Gasteiger partial charge in [0, 0.05) is 23.8 Å². The molecule has 144 valence electrons. The lowest BCUT2D eigenvalue weighted by atomic mass is 10.0. The molecule has 6 heteroatoms. The van der Waals surface area contributed by atoms with Crippen molar-refractivity contribution in [3.63, 3.8) is 0 Å². The first-order valence-corrected chi connectivity index (χ1v) is 10.6. The number of carbonyl (C=O) groups is 2. The predicted octanol–water partition coefficient (Wildman–Crippen LogP) is 5.88. The lowest BCUT2D eigenvalue weighted by Crippen LogP contribution is -2.29. The Morgan fingerprint density at radius 1 is 1.00 bits per heavy atom. The van der Waals surface area contributed by atoms with Crippen LogP contribution < -0.4 is 9.80 Å². The SMILES string of the molecule is Cc1cc(N2CCCCC2)ccc1/C=C1/SC(=O)N(c2cccc(Cl)c2)C1=O. The zero-order valence-electron chi connectivity index (χ0n) is 15.7. The summed E-state index contributed by atoms with van der Waals surface area (Å²) in [6.07, 6.45) is 5.58. The summed E-state index contributed by atoms with van der Waals surface area (Å²) in [4.78, 5) is 29.3. The van der Waals surface area contributed by atoms with Crippen LogP contribution in [0.3, 0.4) is 0 Å². The van der Waals surface area contributed by atoms with Gasteiger partial charge in [-0.25, -0.2) is 4.90 Å². The Bertz CT molecular complexity index is 967. The van der Waals surface area contributed by atoms with Crippen LogP contribution in [0, 0.1) is 6.92 Å². The summed E-state index contributed by atoms with van der Waals surface area (Å²) < 4.78 is 0. The lowest BCUT2D eigenvalue weighted by molar-refractivity contribution is -0.113. The van der Waals surface area contributed by atoms with E-state index < -0.39 is 0 Å². The molecular formula is C22H21ClN2O2S. The molecule has 0 bridgehead atoms. The zero-order chi connectivity index (χ0) is 19.7. The summed E-state index contributed by atoms with van der Waals surface area (Å²) in [5.74, 6) is -0.309. The van der Waals surface area contributed by atoms with E-state index in [1.807, 2.05) is 19.1 Å². The van der Waals surface area contributed by atoms with E-state index in [1.54, 1.807) is 24.3 Å². The number of thioether (sulfide) groups is 1. The Morgan fingerprint density at radius 3 is 2.50 bits per heavy atom. The quantitative estimate of drug-likeness (QED) is 0.590. The molecule has 2 aliphatic heterocycles. The number of anilines is 2. The number of hydrogen-bond acceptors (Lipinski definition) is 4. The summed E-state index contributed by atoms with van der Waals surface area (Å²) >= 11 is 6.97. The second-order valence-electron chi connectivity index (χ2n) is 7.09. The summed E-state index contributed by atoms with van der Waals surface area (Å²) in [6.45, 7) is 4.23. The van der Waals surface area contributed by atoms with E-state index in [9.17, 15) is 9.59 Å². The van der Waals surface area contributed by atoms with Gasteiger partial charge in [-0.05, 0) is 85.5 Å². The first kappa shape index (κ1) is 19.1. The molecule has 0 aliphatic carbocycles. The van der Waals surface area contributed by atoms with Gasteiger partial charge in [0.05, 0.1) is 10.6 Å². The molecule has 0 radical (unpaired) electrons. The van der Waals surface area contributed by atoms with Crippen molar-refractivity contribution < 1.29 is 9.59 Å². The van der Waals surface area contributed by atoms with E-state index in [-0.39, 0.29) is 11.1 Å². The third kappa shape index (κ3) is 3.82. The third-order valence-electron chi connectivity index (χ3n) is 5.12. The minimum atomic E-state index is -0.309. The van der Waals surface area contributed by atoms with E-state index >= 15 is 0 Å². The molecule has 0 spiro atoms. The van der Waals surface area contributed by atoms with Crippen molar-refractivity contribution >= 4 is 52.0 Å². The van der Waals surface area contributed by atoms with Gasteiger partial charge in [0.2, 0.25) is 0 Å². The summed E-state index contributed by atoms with van der Waals surface area (Å²) in [7, 11) is 0. The molecule has 28 heavy (non-hydrogen) atoms. The normalized spacial score (nSPS) is 19.0. The van der Waals surface area contributed by atoms with E-state index in [0.29, 0.717) is 15.6 Å². The Balaban J connectivity index is 1.59. The number of halogens is 1. The number of hydrogen-bond donors (Lipinski definition) is 0. The molecule has 2 fully saturated rings. The number of rotatable bonds is 3. The Kier molecular flexibility index (Phi) is 5.47. The van der Waals surface area contributed by atoms with E-state index in [2.05, 4.69) is 17.0 Å². The van der Waals surface area contributed by atoms with E-state index in [1.165, 1.54) is 29.8 Å². The molecule has 2 aromatic rings. The highest BCUT2D eigenvalue weighted by molar-refractivity contribution is 8.19. The van der Waals surface area contributed by atoms with Crippen LogP contribution in [-0.2, 0) is 4.79 Å². The van der Waals surface area contributed by atoms with Crippen molar-refractivity contribution in [2.45, 2.75) is 26.2 Å².